The van der Waals surface area contributed by atoms with Gasteiger partial charge in [-0.25, -0.2) is 29.3 Å². The lowest BCUT2D eigenvalue weighted by atomic mass is 9.99. The number of aromatic nitrogens is 3. The van der Waals surface area contributed by atoms with Gasteiger partial charge in [0.05, 0.1) is 31.3 Å². The van der Waals surface area contributed by atoms with Crippen molar-refractivity contribution in [2.24, 2.45) is 0 Å². The number of nitrogens with zero attached hydrogens (tertiary/aromatic N) is 6. The average Bonchev–Trinajstić information content (AvgIpc) is 3.45. The zero-order valence-corrected chi connectivity index (χ0v) is 44.0. The van der Waals surface area contributed by atoms with Gasteiger partial charge in [-0.15, -0.1) is 12.6 Å². The van der Waals surface area contributed by atoms with E-state index in [1.54, 1.807) is 36.4 Å². The van der Waals surface area contributed by atoms with Crippen molar-refractivity contribution < 1.29 is 37.6 Å². The fourth-order valence-electron chi connectivity index (χ4n) is 8.78. The number of methoxy groups -OCH3 is 2. The molecule has 3 aromatic heterocycles. The Morgan fingerprint density at radius 2 is 0.932 bits per heavy atom. The lowest BCUT2D eigenvalue weighted by Crippen LogP contribution is -2.36. The van der Waals surface area contributed by atoms with Gasteiger partial charge in [-0.1, -0.05) is 30.8 Å². The van der Waals surface area contributed by atoms with Crippen molar-refractivity contribution in [1.82, 2.24) is 29.7 Å². The van der Waals surface area contributed by atoms with Crippen LogP contribution >= 0.6 is 38.2 Å². The van der Waals surface area contributed by atoms with E-state index in [2.05, 4.69) is 62.3 Å². The van der Waals surface area contributed by atoms with Crippen LogP contribution in [-0.2, 0) is 38.1 Å². The molecule has 1 saturated heterocycles. The molecule has 380 valence electrons. The molecule has 1 aliphatic heterocycles. The Kier molecular flexibility index (Phi) is 18.3. The highest BCUT2D eigenvalue weighted by Gasteiger charge is 2.23. The molecule has 3 N–H and O–H groups in total. The summed E-state index contributed by atoms with van der Waals surface area (Å²) in [6, 6.07) is 27.8. The molecule has 4 heterocycles. The summed E-state index contributed by atoms with van der Waals surface area (Å²) in [5.74, 6) is -2.04. The molecule has 0 radical (unpaired) electrons. The maximum Gasteiger partial charge on any atom is 0.368 e. The van der Waals surface area contributed by atoms with Gasteiger partial charge in [-0.3, -0.25) is 24.3 Å². The monoisotopic (exact) mass is 1040 g/mol. The number of benzene rings is 3. The smallest absolute Gasteiger partial charge is 0.368 e. The zero-order chi connectivity index (χ0) is 52.3. The first-order valence-electron chi connectivity index (χ1n) is 23.3. The molecule has 6 aromatic rings. The first-order chi connectivity index (χ1) is 35.0. The third kappa shape index (κ3) is 14.2. The van der Waals surface area contributed by atoms with Crippen LogP contribution in [0.25, 0.3) is 33.4 Å². The second kappa shape index (κ2) is 24.7. The summed E-state index contributed by atoms with van der Waals surface area (Å²) in [7, 11) is 4.53. The van der Waals surface area contributed by atoms with Crippen LogP contribution in [0.5, 0.6) is 0 Å². The summed E-state index contributed by atoms with van der Waals surface area (Å²) < 4.78 is 15.2. The minimum absolute atomic E-state index is 0.0473. The summed E-state index contributed by atoms with van der Waals surface area (Å²) in [5.41, 5.74) is 11.1. The van der Waals surface area contributed by atoms with Gasteiger partial charge in [0.1, 0.15) is 17.1 Å². The Morgan fingerprint density at radius 1 is 0.548 bits per heavy atom. The van der Waals surface area contributed by atoms with Crippen LogP contribution in [0.1, 0.15) is 66.6 Å². The van der Waals surface area contributed by atoms with Gasteiger partial charge in [0, 0.05) is 108 Å². The number of ether oxygens (including phenoxy) is 2. The molecule has 7 rings (SSSR count). The van der Waals surface area contributed by atoms with E-state index in [9.17, 15) is 24.0 Å². The standard InChI is InChI=1S/C53H57N9O8S3/c1-31-19-37(54-4)7-10-43(31)34-21-40(56-46(24-34)50(64)68-5)28-60-13-14-61(29-41-22-35(25-47(57-41)51(65)69-6)44-11-8-38(20-32(44)2)55-33(3)63)16-18-62(17-15-60)30-42-23-36(26-48(58-42)52(66)70-73)45-12-9-39(27-49(45)71)59-53(67)72/h7-12,19-27,54,71,73H,13-18,28-30H2,1-6H3,(H,55,63)(H2,59,67,72). The molecule has 0 spiro atoms. The quantitative estimate of drug-likeness (QED) is 0.0247. The average molecular weight is 1040 g/mol. The summed E-state index contributed by atoms with van der Waals surface area (Å²) in [5, 5.41) is 8.13. The van der Waals surface area contributed by atoms with Gasteiger partial charge in [-0.2, -0.15) is 0 Å². The van der Waals surface area contributed by atoms with E-state index in [-0.39, 0.29) is 23.0 Å². The van der Waals surface area contributed by atoms with E-state index < -0.39 is 23.1 Å². The van der Waals surface area contributed by atoms with Crippen molar-refractivity contribution >= 4 is 84.3 Å². The molecule has 0 atom stereocenters. The van der Waals surface area contributed by atoms with Crippen molar-refractivity contribution in [3.8, 4) is 33.4 Å². The summed E-state index contributed by atoms with van der Waals surface area (Å²) >= 11 is 12.3. The molecule has 17 nitrogen and oxygen atoms in total. The number of rotatable bonds is 15. The van der Waals surface area contributed by atoms with Crippen molar-refractivity contribution in [2.75, 3.05) is 76.5 Å². The SMILES string of the molecule is CNc1ccc(-c2cc(CN3CCN(Cc4cc(-c5ccc(NC(C)=O)cc5C)cc(C(=O)OC)n4)CCN(Cc4cc(-c5ccc(NC(=O)S)cc5S)cc(C(=O)OS)n4)CC3)nc(C(=O)OC)c2)c(C)c1. The Labute approximate surface area is 440 Å². The second-order valence-corrected chi connectivity index (χ2v) is 18.6. The number of aryl methyl sites for hydroxylation is 2. The molecule has 0 unspecified atom stereocenters. The van der Waals surface area contributed by atoms with Crippen LogP contribution in [0.2, 0.25) is 0 Å². The number of carbonyl (C=O) groups is 5. The van der Waals surface area contributed by atoms with Crippen molar-refractivity contribution in [3.63, 3.8) is 0 Å². The molecule has 1 aliphatic rings. The number of thiol groups is 3. The van der Waals surface area contributed by atoms with Gasteiger partial charge in [-0.05, 0) is 131 Å². The highest BCUT2D eigenvalue weighted by atomic mass is 32.1. The Hall–Kier alpha value is -6.81. The second-order valence-electron chi connectivity index (χ2n) is 17.5. The predicted octanol–water partition coefficient (Wildman–Crippen LogP) is 8.63. The van der Waals surface area contributed by atoms with Crippen LogP contribution in [0.4, 0.5) is 21.9 Å². The maximum atomic E-state index is 13.1. The highest BCUT2D eigenvalue weighted by Crippen LogP contribution is 2.33. The largest absolute Gasteiger partial charge is 0.464 e. The Balaban J connectivity index is 1.25. The van der Waals surface area contributed by atoms with Gasteiger partial charge in [0.2, 0.25) is 5.91 Å². The third-order valence-electron chi connectivity index (χ3n) is 12.3. The van der Waals surface area contributed by atoms with Crippen LogP contribution in [0.15, 0.2) is 95.9 Å². The number of amides is 2. The van der Waals surface area contributed by atoms with Crippen LogP contribution in [0.3, 0.4) is 0 Å². The predicted molar refractivity (Wildman–Crippen MR) is 291 cm³/mol. The van der Waals surface area contributed by atoms with Crippen LogP contribution in [0, 0.1) is 13.8 Å². The number of esters is 2. The van der Waals surface area contributed by atoms with Crippen molar-refractivity contribution in [3.05, 3.63) is 136 Å². The third-order valence-corrected chi connectivity index (χ3v) is 13.0. The lowest BCUT2D eigenvalue weighted by Gasteiger charge is -2.26. The molecule has 1 fully saturated rings. The Morgan fingerprint density at radius 3 is 1.30 bits per heavy atom. The molecular weight excluding hydrogens is 987 g/mol. The highest BCUT2D eigenvalue weighted by molar-refractivity contribution is 7.96. The number of carbonyl (C=O) groups excluding carboxylic acids is 5. The molecule has 0 bridgehead atoms. The summed E-state index contributed by atoms with van der Waals surface area (Å²) in [4.78, 5) is 84.5. The van der Waals surface area contributed by atoms with E-state index in [1.165, 1.54) is 21.1 Å². The van der Waals surface area contributed by atoms with Gasteiger partial charge < -0.3 is 29.6 Å². The Bertz CT molecular complexity index is 2920. The van der Waals surface area contributed by atoms with E-state index in [4.69, 9.17) is 41.2 Å². The van der Waals surface area contributed by atoms with Crippen LogP contribution in [-0.4, -0.2) is 119 Å². The lowest BCUT2D eigenvalue weighted by molar-refractivity contribution is -0.114. The van der Waals surface area contributed by atoms with Crippen molar-refractivity contribution in [2.45, 2.75) is 45.3 Å². The van der Waals surface area contributed by atoms with E-state index in [1.807, 2.05) is 69.4 Å². The molecule has 73 heavy (non-hydrogen) atoms. The molecule has 0 aliphatic carbocycles. The first-order valence-corrected chi connectivity index (χ1v) is 24.5. The number of nitrogens with one attached hydrogen (secondary N) is 3. The number of pyridine rings is 3. The number of hydrogen-bond acceptors (Lipinski definition) is 17. The number of anilines is 3. The van der Waals surface area contributed by atoms with E-state index in [0.717, 1.165) is 39.1 Å². The fraction of sp³-hybridized carbons (Fsp3) is 0.283. The van der Waals surface area contributed by atoms with Gasteiger partial charge in [0.15, 0.2) is 0 Å². The molecule has 20 heteroatoms. The number of hydrogen-bond donors (Lipinski definition) is 6. The van der Waals surface area contributed by atoms with Crippen LogP contribution < -0.4 is 16.0 Å². The molecule has 3 aromatic carbocycles. The fourth-order valence-corrected chi connectivity index (χ4v) is 9.34. The van der Waals surface area contributed by atoms with Crippen molar-refractivity contribution in [1.29, 1.82) is 0 Å². The van der Waals surface area contributed by atoms with Gasteiger partial charge >= 0.3 is 17.9 Å². The first kappa shape index (κ1) is 54.0. The maximum absolute atomic E-state index is 13.1. The summed E-state index contributed by atoms with van der Waals surface area (Å²) in [6.07, 6.45) is 0. The topological polar surface area (TPSA) is 198 Å². The summed E-state index contributed by atoms with van der Waals surface area (Å²) in [6.45, 7) is 9.98. The van der Waals surface area contributed by atoms with E-state index >= 15 is 0 Å². The molecular formula is C53H57N9O8S3. The van der Waals surface area contributed by atoms with E-state index in [0.29, 0.717) is 103 Å². The molecule has 0 saturated carbocycles. The molecule has 2 amide bonds. The normalized spacial score (nSPS) is 13.5. The zero-order valence-electron chi connectivity index (χ0n) is 41.3. The minimum Gasteiger partial charge on any atom is -0.464 e. The van der Waals surface area contributed by atoms with Gasteiger partial charge in [0.25, 0.3) is 5.24 Å². The minimum atomic E-state index is -0.734.